The smallest absolute Gasteiger partial charge is 0.0322 e. The van der Waals surface area contributed by atoms with E-state index in [1.807, 2.05) is 6.08 Å². The largest absolute Gasteiger partial charge is 0.387 e. The first kappa shape index (κ1) is 13.0. The van der Waals surface area contributed by atoms with Crippen molar-refractivity contribution in [3.63, 3.8) is 0 Å². The Balaban J connectivity index is 4.21. The molecule has 1 heteroatoms. The molecule has 0 aliphatic rings. The van der Waals surface area contributed by atoms with Gasteiger partial charge in [-0.15, -0.1) is 6.58 Å². The molecule has 1 N–H and O–H groups in total. The Morgan fingerprint density at radius 2 is 2.21 bits per heavy atom. The van der Waals surface area contributed by atoms with E-state index in [9.17, 15) is 0 Å². The molecule has 0 spiro atoms. The SMILES string of the molecule is C=CCN/C=C(\C/C=C\C)C(C)CC. The number of hydrogen-bond acceptors (Lipinski definition) is 1. The Labute approximate surface area is 88.6 Å². The van der Waals surface area contributed by atoms with Crippen molar-refractivity contribution in [2.24, 2.45) is 5.92 Å². The lowest BCUT2D eigenvalue weighted by Gasteiger charge is -2.12. The molecule has 1 nitrogen and oxygen atoms in total. The third-order valence-corrected chi connectivity index (χ3v) is 2.38. The summed E-state index contributed by atoms with van der Waals surface area (Å²) in [5.41, 5.74) is 1.47. The van der Waals surface area contributed by atoms with E-state index in [0.29, 0.717) is 5.92 Å². The van der Waals surface area contributed by atoms with Gasteiger partial charge in [0, 0.05) is 6.54 Å². The van der Waals surface area contributed by atoms with E-state index in [-0.39, 0.29) is 0 Å². The number of allylic oxidation sites excluding steroid dienone is 3. The van der Waals surface area contributed by atoms with Crippen LogP contribution in [0.4, 0.5) is 0 Å². The summed E-state index contributed by atoms with van der Waals surface area (Å²) in [5.74, 6) is 0.656. The monoisotopic (exact) mass is 193 g/mol. The molecule has 0 bridgehead atoms. The zero-order chi connectivity index (χ0) is 10.8. The summed E-state index contributed by atoms with van der Waals surface area (Å²) < 4.78 is 0. The second-order valence-electron chi connectivity index (χ2n) is 3.50. The van der Waals surface area contributed by atoms with Crippen molar-refractivity contribution in [3.8, 4) is 0 Å². The topological polar surface area (TPSA) is 12.0 Å². The molecule has 0 saturated carbocycles. The van der Waals surface area contributed by atoms with Crippen molar-refractivity contribution in [2.45, 2.75) is 33.6 Å². The first-order valence-corrected chi connectivity index (χ1v) is 5.40. The van der Waals surface area contributed by atoms with Crippen LogP contribution in [0.1, 0.15) is 33.6 Å². The molecule has 14 heavy (non-hydrogen) atoms. The summed E-state index contributed by atoms with van der Waals surface area (Å²) >= 11 is 0. The highest BCUT2D eigenvalue weighted by Gasteiger charge is 2.03. The Bertz CT molecular complexity index is 201. The van der Waals surface area contributed by atoms with Gasteiger partial charge in [-0.1, -0.05) is 32.1 Å². The molecule has 0 saturated heterocycles. The molecule has 80 valence electrons. The molecule has 0 aromatic rings. The van der Waals surface area contributed by atoms with Gasteiger partial charge < -0.3 is 5.32 Å². The van der Waals surface area contributed by atoms with Crippen LogP contribution in [0.3, 0.4) is 0 Å². The Morgan fingerprint density at radius 3 is 2.71 bits per heavy atom. The van der Waals surface area contributed by atoms with Crippen LogP contribution in [0.15, 0.2) is 36.6 Å². The lowest BCUT2D eigenvalue weighted by Crippen LogP contribution is -2.08. The van der Waals surface area contributed by atoms with E-state index in [1.54, 1.807) is 0 Å². The first-order valence-electron chi connectivity index (χ1n) is 5.40. The van der Waals surface area contributed by atoms with Crippen molar-refractivity contribution in [2.75, 3.05) is 6.54 Å². The van der Waals surface area contributed by atoms with Gasteiger partial charge in [0.05, 0.1) is 0 Å². The molecule has 0 radical (unpaired) electrons. The normalized spacial score (nSPS) is 14.4. The zero-order valence-electron chi connectivity index (χ0n) is 9.72. The average molecular weight is 193 g/mol. The quantitative estimate of drug-likeness (QED) is 0.480. The highest BCUT2D eigenvalue weighted by atomic mass is 14.8. The molecule has 0 heterocycles. The second kappa shape index (κ2) is 8.61. The molecule has 0 aromatic carbocycles. The van der Waals surface area contributed by atoms with Gasteiger partial charge in [-0.05, 0) is 37.5 Å². The van der Waals surface area contributed by atoms with Crippen LogP contribution < -0.4 is 5.32 Å². The summed E-state index contributed by atoms with van der Waals surface area (Å²) in [7, 11) is 0. The minimum atomic E-state index is 0.656. The molecule has 0 fully saturated rings. The standard InChI is InChI=1S/C13H23N/c1-5-8-9-13(12(4)7-3)11-14-10-6-2/h5-6,8,11-12,14H,2,7,9-10H2,1,3-4H3/b8-5-,13-11+. The zero-order valence-corrected chi connectivity index (χ0v) is 9.72. The van der Waals surface area contributed by atoms with Crippen LogP contribution >= 0.6 is 0 Å². The van der Waals surface area contributed by atoms with Gasteiger partial charge >= 0.3 is 0 Å². The Morgan fingerprint density at radius 1 is 1.50 bits per heavy atom. The highest BCUT2D eigenvalue weighted by molar-refractivity contribution is 5.09. The average Bonchev–Trinajstić information content (AvgIpc) is 2.22. The van der Waals surface area contributed by atoms with Crippen LogP contribution in [0.25, 0.3) is 0 Å². The van der Waals surface area contributed by atoms with Gasteiger partial charge in [-0.3, -0.25) is 0 Å². The van der Waals surface area contributed by atoms with Gasteiger partial charge in [0.15, 0.2) is 0 Å². The van der Waals surface area contributed by atoms with Crippen molar-refractivity contribution in [1.29, 1.82) is 0 Å². The summed E-state index contributed by atoms with van der Waals surface area (Å²) in [6.45, 7) is 11.1. The van der Waals surface area contributed by atoms with E-state index in [4.69, 9.17) is 0 Å². The van der Waals surface area contributed by atoms with Crippen molar-refractivity contribution >= 4 is 0 Å². The van der Waals surface area contributed by atoms with E-state index in [1.165, 1.54) is 12.0 Å². The lowest BCUT2D eigenvalue weighted by atomic mass is 9.96. The predicted molar refractivity (Wildman–Crippen MR) is 65.2 cm³/mol. The molecular weight excluding hydrogens is 170 g/mol. The van der Waals surface area contributed by atoms with Crippen LogP contribution in [-0.4, -0.2) is 6.54 Å². The highest BCUT2D eigenvalue weighted by Crippen LogP contribution is 2.17. The van der Waals surface area contributed by atoms with Crippen LogP contribution in [0.5, 0.6) is 0 Å². The van der Waals surface area contributed by atoms with E-state index < -0.39 is 0 Å². The summed E-state index contributed by atoms with van der Waals surface area (Å²) in [4.78, 5) is 0. The maximum atomic E-state index is 3.68. The molecule has 0 rings (SSSR count). The fraction of sp³-hybridized carbons (Fsp3) is 0.538. The number of nitrogens with one attached hydrogen (secondary N) is 1. The Hall–Kier alpha value is -0.980. The van der Waals surface area contributed by atoms with E-state index in [2.05, 4.69) is 51.0 Å². The summed E-state index contributed by atoms with van der Waals surface area (Å²) in [6, 6.07) is 0. The second-order valence-corrected chi connectivity index (χ2v) is 3.50. The van der Waals surface area contributed by atoms with Gasteiger partial charge in [-0.25, -0.2) is 0 Å². The molecule has 0 aromatic heterocycles. The van der Waals surface area contributed by atoms with Gasteiger partial charge in [0.1, 0.15) is 0 Å². The third kappa shape index (κ3) is 5.63. The molecule has 0 amide bonds. The van der Waals surface area contributed by atoms with E-state index >= 15 is 0 Å². The first-order chi connectivity index (χ1) is 6.76. The summed E-state index contributed by atoms with van der Waals surface area (Å²) in [5, 5.41) is 3.25. The van der Waals surface area contributed by atoms with Gasteiger partial charge in [0.2, 0.25) is 0 Å². The Kier molecular flexibility index (Phi) is 8.01. The van der Waals surface area contributed by atoms with Crippen LogP contribution in [-0.2, 0) is 0 Å². The predicted octanol–water partition coefficient (Wildman–Crippen LogP) is 3.66. The third-order valence-electron chi connectivity index (χ3n) is 2.38. The van der Waals surface area contributed by atoms with Gasteiger partial charge in [-0.2, -0.15) is 0 Å². The molecule has 1 unspecified atom stereocenters. The molecule has 0 aliphatic carbocycles. The van der Waals surface area contributed by atoms with Gasteiger partial charge in [0.25, 0.3) is 0 Å². The molecule has 1 atom stereocenters. The molecular formula is C13H23N. The van der Waals surface area contributed by atoms with Crippen LogP contribution in [0, 0.1) is 5.92 Å². The maximum absolute atomic E-state index is 3.68. The van der Waals surface area contributed by atoms with Crippen LogP contribution in [0.2, 0.25) is 0 Å². The van der Waals surface area contributed by atoms with Crippen molar-refractivity contribution < 1.29 is 0 Å². The lowest BCUT2D eigenvalue weighted by molar-refractivity contribution is 0.634. The maximum Gasteiger partial charge on any atom is 0.0322 e. The van der Waals surface area contributed by atoms with E-state index in [0.717, 1.165) is 13.0 Å². The minimum absolute atomic E-state index is 0.656. The molecule has 0 aliphatic heterocycles. The van der Waals surface area contributed by atoms with Crippen molar-refractivity contribution in [1.82, 2.24) is 5.32 Å². The summed E-state index contributed by atoms with van der Waals surface area (Å²) in [6.07, 6.45) is 10.6. The fourth-order valence-electron chi connectivity index (χ4n) is 1.19. The van der Waals surface area contributed by atoms with Crippen molar-refractivity contribution in [3.05, 3.63) is 36.6 Å². The number of rotatable bonds is 7. The number of hydrogen-bond donors (Lipinski definition) is 1. The minimum Gasteiger partial charge on any atom is -0.387 e. The fourth-order valence-corrected chi connectivity index (χ4v) is 1.19.